The maximum Gasteiger partial charge on any atom is 0.232 e. The van der Waals surface area contributed by atoms with Crippen LogP contribution in [0.5, 0.6) is 0 Å². The molecule has 0 atom stereocenters. The third kappa shape index (κ3) is 6.21. The summed E-state index contributed by atoms with van der Waals surface area (Å²) in [6, 6.07) is 22.2. The summed E-state index contributed by atoms with van der Waals surface area (Å²) in [5, 5.41) is 5.39. The lowest BCUT2D eigenvalue weighted by Crippen LogP contribution is -2.18. The molecule has 31 heavy (non-hydrogen) atoms. The second-order valence-electron chi connectivity index (χ2n) is 7.06. The standard InChI is InChI=1S/C25H22N2O4/c1-17-12-13-20(26-24(30)15-22(28)18-8-4-2-5-9-18)14-21(17)27-25(31)16-23(29)19-10-6-3-7-11-19/h2-14H,15-16H2,1H3,(H,26,30)(H,27,31). The number of amides is 2. The molecule has 0 heterocycles. The number of hydrogen-bond acceptors (Lipinski definition) is 4. The zero-order chi connectivity index (χ0) is 22.2. The number of nitrogens with one attached hydrogen (secondary N) is 2. The average Bonchev–Trinajstić information content (AvgIpc) is 2.77. The monoisotopic (exact) mass is 414 g/mol. The van der Waals surface area contributed by atoms with Crippen molar-refractivity contribution in [3.63, 3.8) is 0 Å². The molecule has 156 valence electrons. The molecule has 3 aromatic carbocycles. The minimum Gasteiger partial charge on any atom is -0.326 e. The van der Waals surface area contributed by atoms with Crippen molar-refractivity contribution in [2.24, 2.45) is 0 Å². The van der Waals surface area contributed by atoms with Gasteiger partial charge in [-0.2, -0.15) is 0 Å². The molecule has 0 fully saturated rings. The van der Waals surface area contributed by atoms with E-state index in [0.29, 0.717) is 22.5 Å². The second kappa shape index (κ2) is 10.1. The fourth-order valence-electron chi connectivity index (χ4n) is 2.98. The van der Waals surface area contributed by atoms with E-state index >= 15 is 0 Å². The SMILES string of the molecule is Cc1ccc(NC(=O)CC(=O)c2ccccc2)cc1NC(=O)CC(=O)c1ccccc1. The highest BCUT2D eigenvalue weighted by Crippen LogP contribution is 2.21. The highest BCUT2D eigenvalue weighted by atomic mass is 16.2. The van der Waals surface area contributed by atoms with Crippen LogP contribution in [0.1, 0.15) is 39.1 Å². The summed E-state index contributed by atoms with van der Waals surface area (Å²) >= 11 is 0. The highest BCUT2D eigenvalue weighted by Gasteiger charge is 2.15. The number of ketones is 2. The van der Waals surface area contributed by atoms with Crippen LogP contribution in [0, 0.1) is 6.92 Å². The van der Waals surface area contributed by atoms with Gasteiger partial charge in [0.1, 0.15) is 0 Å². The minimum atomic E-state index is -0.450. The Morgan fingerprint density at radius 3 is 1.65 bits per heavy atom. The van der Waals surface area contributed by atoms with Crippen LogP contribution in [-0.4, -0.2) is 23.4 Å². The van der Waals surface area contributed by atoms with Crippen molar-refractivity contribution in [3.8, 4) is 0 Å². The minimum absolute atomic E-state index is 0.278. The summed E-state index contributed by atoms with van der Waals surface area (Å²) in [5.41, 5.74) is 2.65. The van der Waals surface area contributed by atoms with Gasteiger partial charge in [0.25, 0.3) is 0 Å². The van der Waals surface area contributed by atoms with Crippen LogP contribution < -0.4 is 10.6 Å². The van der Waals surface area contributed by atoms with Gasteiger partial charge in [0, 0.05) is 22.5 Å². The molecule has 2 N–H and O–H groups in total. The normalized spacial score (nSPS) is 10.2. The number of carbonyl (C=O) groups is 4. The second-order valence-corrected chi connectivity index (χ2v) is 7.06. The third-order valence-electron chi connectivity index (χ3n) is 4.63. The van der Waals surface area contributed by atoms with E-state index < -0.39 is 11.8 Å². The summed E-state index contributed by atoms with van der Waals surface area (Å²) in [5.74, 6) is -1.45. The topological polar surface area (TPSA) is 92.3 Å². The Kier molecular flexibility index (Phi) is 7.06. The highest BCUT2D eigenvalue weighted by molar-refractivity contribution is 6.12. The molecule has 0 spiro atoms. The lowest BCUT2D eigenvalue weighted by Gasteiger charge is -2.11. The predicted octanol–water partition coefficient (Wildman–Crippen LogP) is 4.42. The van der Waals surface area contributed by atoms with Crippen molar-refractivity contribution in [2.75, 3.05) is 10.6 Å². The molecule has 0 radical (unpaired) electrons. The van der Waals surface area contributed by atoms with E-state index in [1.54, 1.807) is 85.8 Å². The maximum atomic E-state index is 12.3. The zero-order valence-corrected chi connectivity index (χ0v) is 17.1. The van der Waals surface area contributed by atoms with Crippen molar-refractivity contribution in [3.05, 3.63) is 95.6 Å². The fourth-order valence-corrected chi connectivity index (χ4v) is 2.98. The molecular formula is C25H22N2O4. The van der Waals surface area contributed by atoms with Gasteiger partial charge in [-0.05, 0) is 24.6 Å². The lowest BCUT2D eigenvalue weighted by atomic mass is 10.1. The molecule has 0 aliphatic carbocycles. The van der Waals surface area contributed by atoms with Crippen molar-refractivity contribution in [1.29, 1.82) is 0 Å². The first kappa shape index (κ1) is 21.6. The van der Waals surface area contributed by atoms with Crippen LogP contribution in [0.3, 0.4) is 0 Å². The van der Waals surface area contributed by atoms with E-state index in [4.69, 9.17) is 0 Å². The molecule has 6 heteroatoms. The van der Waals surface area contributed by atoms with E-state index in [-0.39, 0.29) is 24.4 Å². The van der Waals surface area contributed by atoms with Crippen molar-refractivity contribution < 1.29 is 19.2 Å². The summed E-state index contributed by atoms with van der Waals surface area (Å²) in [6.45, 7) is 1.80. The van der Waals surface area contributed by atoms with Gasteiger partial charge < -0.3 is 10.6 Å². The predicted molar refractivity (Wildman–Crippen MR) is 119 cm³/mol. The fraction of sp³-hybridized carbons (Fsp3) is 0.120. The van der Waals surface area contributed by atoms with Gasteiger partial charge in [-0.1, -0.05) is 66.7 Å². The molecule has 0 unspecified atom stereocenters. The van der Waals surface area contributed by atoms with Gasteiger partial charge in [-0.25, -0.2) is 0 Å². The van der Waals surface area contributed by atoms with Gasteiger partial charge in [0.15, 0.2) is 11.6 Å². The molecule has 0 aromatic heterocycles. The third-order valence-corrected chi connectivity index (χ3v) is 4.63. The number of benzene rings is 3. The Morgan fingerprint density at radius 1 is 0.645 bits per heavy atom. The van der Waals surface area contributed by atoms with E-state index in [9.17, 15) is 19.2 Å². The van der Waals surface area contributed by atoms with E-state index in [1.807, 2.05) is 0 Å². The van der Waals surface area contributed by atoms with Crippen LogP contribution in [0.4, 0.5) is 11.4 Å². The van der Waals surface area contributed by atoms with Crippen LogP contribution in [0.25, 0.3) is 0 Å². The number of rotatable bonds is 8. The van der Waals surface area contributed by atoms with Crippen LogP contribution in [0.15, 0.2) is 78.9 Å². The number of carbonyl (C=O) groups excluding carboxylic acids is 4. The Bertz CT molecular complexity index is 1110. The van der Waals surface area contributed by atoms with Gasteiger partial charge in [0.05, 0.1) is 12.8 Å². The first-order valence-corrected chi connectivity index (χ1v) is 9.79. The molecular weight excluding hydrogens is 392 g/mol. The van der Waals surface area contributed by atoms with Crippen molar-refractivity contribution >= 4 is 34.8 Å². The molecule has 3 rings (SSSR count). The maximum absolute atomic E-state index is 12.3. The smallest absolute Gasteiger partial charge is 0.232 e. The number of anilines is 2. The van der Waals surface area contributed by atoms with Crippen LogP contribution in [-0.2, 0) is 9.59 Å². The van der Waals surface area contributed by atoms with E-state index in [2.05, 4.69) is 10.6 Å². The van der Waals surface area contributed by atoms with E-state index in [1.165, 1.54) is 0 Å². The Balaban J connectivity index is 1.60. The number of hydrogen-bond donors (Lipinski definition) is 2. The summed E-state index contributed by atoms with van der Waals surface area (Å²) in [7, 11) is 0. The van der Waals surface area contributed by atoms with Gasteiger partial charge >= 0.3 is 0 Å². The van der Waals surface area contributed by atoms with Gasteiger partial charge in [-0.15, -0.1) is 0 Å². The average molecular weight is 414 g/mol. The molecule has 0 aliphatic heterocycles. The summed E-state index contributed by atoms with van der Waals surface area (Å²) in [6.07, 6.45) is -0.573. The number of Topliss-reactive ketones (excluding diaryl/α,β-unsaturated/α-hetero) is 2. The summed E-state index contributed by atoms with van der Waals surface area (Å²) in [4.78, 5) is 49.0. The molecule has 2 amide bonds. The van der Waals surface area contributed by atoms with Crippen LogP contribution >= 0.6 is 0 Å². The quantitative estimate of drug-likeness (QED) is 0.422. The largest absolute Gasteiger partial charge is 0.326 e. The lowest BCUT2D eigenvalue weighted by molar-refractivity contribution is -0.116. The summed E-state index contributed by atoms with van der Waals surface area (Å²) < 4.78 is 0. The zero-order valence-electron chi connectivity index (χ0n) is 17.1. The molecule has 6 nitrogen and oxygen atoms in total. The molecule has 3 aromatic rings. The molecule has 0 bridgehead atoms. The first-order chi connectivity index (χ1) is 14.9. The molecule has 0 saturated heterocycles. The van der Waals surface area contributed by atoms with Gasteiger partial charge in [-0.3, -0.25) is 19.2 Å². The Labute approximate surface area is 180 Å². The van der Waals surface area contributed by atoms with E-state index in [0.717, 1.165) is 5.56 Å². The van der Waals surface area contributed by atoms with Crippen LogP contribution in [0.2, 0.25) is 0 Å². The molecule has 0 aliphatic rings. The van der Waals surface area contributed by atoms with Gasteiger partial charge in [0.2, 0.25) is 11.8 Å². The Morgan fingerprint density at radius 2 is 1.13 bits per heavy atom. The van der Waals surface area contributed by atoms with Crippen molar-refractivity contribution in [1.82, 2.24) is 0 Å². The molecule has 0 saturated carbocycles. The Hall–Kier alpha value is -4.06. The first-order valence-electron chi connectivity index (χ1n) is 9.79. The number of aryl methyl sites for hydroxylation is 1. The van der Waals surface area contributed by atoms with Crippen molar-refractivity contribution in [2.45, 2.75) is 19.8 Å².